The highest BCUT2D eigenvalue weighted by atomic mass is 35.5. The molecule has 2 aromatic heterocycles. The molecular formula is C18H28ClN7O. The van der Waals surface area contributed by atoms with Gasteiger partial charge in [-0.05, 0) is 38.8 Å². The third-order valence-electron chi connectivity index (χ3n) is 5.59. The number of aromatic nitrogens is 5. The maximum Gasteiger partial charge on any atom is 0.278 e. The third-order valence-corrected chi connectivity index (χ3v) is 5.59. The summed E-state index contributed by atoms with van der Waals surface area (Å²) in [7, 11) is 1.87. The molecule has 27 heavy (non-hydrogen) atoms. The van der Waals surface area contributed by atoms with Gasteiger partial charge in [-0.15, -0.1) is 17.5 Å². The number of nitrogens with one attached hydrogen (secondary N) is 2. The van der Waals surface area contributed by atoms with Crippen LogP contribution < -0.4 is 10.6 Å². The number of hydrogen-bond donors (Lipinski definition) is 2. The van der Waals surface area contributed by atoms with Crippen molar-refractivity contribution in [2.45, 2.75) is 56.9 Å². The van der Waals surface area contributed by atoms with E-state index in [2.05, 4.69) is 26.0 Å². The maximum absolute atomic E-state index is 12.6. The van der Waals surface area contributed by atoms with E-state index in [1.165, 1.54) is 32.1 Å². The van der Waals surface area contributed by atoms with Gasteiger partial charge in [-0.1, -0.05) is 24.5 Å². The quantitative estimate of drug-likeness (QED) is 0.833. The Labute approximate surface area is 165 Å². The van der Waals surface area contributed by atoms with Gasteiger partial charge in [0.25, 0.3) is 5.91 Å². The number of nitrogens with zero attached hydrogens (tertiary/aromatic N) is 5. The van der Waals surface area contributed by atoms with Gasteiger partial charge in [0.2, 0.25) is 0 Å². The third kappa shape index (κ3) is 4.50. The van der Waals surface area contributed by atoms with E-state index < -0.39 is 0 Å². The molecule has 148 valence electrons. The maximum atomic E-state index is 12.6. The van der Waals surface area contributed by atoms with E-state index in [1.807, 2.05) is 17.8 Å². The van der Waals surface area contributed by atoms with E-state index in [0.29, 0.717) is 23.5 Å². The number of carbonyl (C=O) groups excluding carboxylic acids is 1. The molecule has 0 bridgehead atoms. The molecule has 2 aromatic rings. The molecule has 0 unspecified atom stereocenters. The Balaban J connectivity index is 0.00000210. The summed E-state index contributed by atoms with van der Waals surface area (Å²) >= 11 is 0. The van der Waals surface area contributed by atoms with Crippen LogP contribution in [-0.4, -0.2) is 43.8 Å². The molecule has 1 saturated heterocycles. The summed E-state index contributed by atoms with van der Waals surface area (Å²) in [6.07, 6.45) is 10.0. The first-order valence-corrected chi connectivity index (χ1v) is 9.68. The van der Waals surface area contributed by atoms with Crippen LogP contribution >= 0.6 is 12.4 Å². The van der Waals surface area contributed by atoms with Crippen molar-refractivity contribution < 1.29 is 4.79 Å². The van der Waals surface area contributed by atoms with E-state index in [1.54, 1.807) is 10.9 Å². The van der Waals surface area contributed by atoms with Crippen molar-refractivity contribution in [3.05, 3.63) is 23.7 Å². The molecular weight excluding hydrogens is 366 g/mol. The second kappa shape index (κ2) is 8.84. The zero-order valence-corrected chi connectivity index (χ0v) is 16.5. The lowest BCUT2D eigenvalue weighted by Crippen LogP contribution is -2.29. The van der Waals surface area contributed by atoms with Crippen molar-refractivity contribution in [3.63, 3.8) is 0 Å². The van der Waals surface area contributed by atoms with Gasteiger partial charge in [-0.2, -0.15) is 5.10 Å². The zero-order valence-electron chi connectivity index (χ0n) is 15.7. The van der Waals surface area contributed by atoms with Crippen LogP contribution in [0.25, 0.3) is 0 Å². The normalized spacial score (nSPS) is 18.9. The summed E-state index contributed by atoms with van der Waals surface area (Å²) < 4.78 is 3.57. The summed E-state index contributed by atoms with van der Waals surface area (Å²) in [6, 6.07) is 2.32. The highest BCUT2D eigenvalue weighted by molar-refractivity contribution is 6.02. The second-order valence-electron chi connectivity index (χ2n) is 7.43. The largest absolute Gasteiger partial charge is 0.317 e. The lowest BCUT2D eigenvalue weighted by molar-refractivity contribution is 0.102. The summed E-state index contributed by atoms with van der Waals surface area (Å²) in [5, 5.41) is 19.1. The Morgan fingerprint density at radius 2 is 1.93 bits per heavy atom. The monoisotopic (exact) mass is 393 g/mol. The van der Waals surface area contributed by atoms with E-state index >= 15 is 0 Å². The Kier molecular flexibility index (Phi) is 6.49. The van der Waals surface area contributed by atoms with Crippen molar-refractivity contribution in [1.29, 1.82) is 0 Å². The number of anilines is 1. The summed E-state index contributed by atoms with van der Waals surface area (Å²) in [5.41, 5.74) is 1.44. The number of amides is 1. The molecule has 1 aliphatic carbocycles. The molecule has 0 aromatic carbocycles. The van der Waals surface area contributed by atoms with Crippen molar-refractivity contribution in [3.8, 4) is 0 Å². The van der Waals surface area contributed by atoms with E-state index in [9.17, 15) is 4.79 Å². The predicted octanol–water partition coefficient (Wildman–Crippen LogP) is 2.66. The van der Waals surface area contributed by atoms with Crippen LogP contribution in [0, 0.1) is 0 Å². The molecule has 1 saturated carbocycles. The van der Waals surface area contributed by atoms with Gasteiger partial charge in [-0.25, -0.2) is 4.68 Å². The number of rotatable bonds is 4. The van der Waals surface area contributed by atoms with Crippen molar-refractivity contribution >= 4 is 24.1 Å². The molecule has 9 heteroatoms. The molecule has 1 amide bonds. The van der Waals surface area contributed by atoms with Crippen molar-refractivity contribution in [1.82, 2.24) is 30.1 Å². The average molecular weight is 394 g/mol. The van der Waals surface area contributed by atoms with Crippen LogP contribution in [0.3, 0.4) is 0 Å². The van der Waals surface area contributed by atoms with Crippen LogP contribution in [0.2, 0.25) is 0 Å². The molecule has 1 aliphatic heterocycles. The van der Waals surface area contributed by atoms with E-state index in [-0.39, 0.29) is 18.3 Å². The van der Waals surface area contributed by atoms with Crippen LogP contribution in [0.4, 0.5) is 5.82 Å². The Morgan fingerprint density at radius 1 is 1.19 bits per heavy atom. The first-order valence-electron chi connectivity index (χ1n) is 9.68. The molecule has 4 rings (SSSR count). The van der Waals surface area contributed by atoms with Gasteiger partial charge in [0.05, 0.1) is 17.9 Å². The van der Waals surface area contributed by atoms with Crippen LogP contribution in [-0.2, 0) is 7.05 Å². The minimum atomic E-state index is -0.233. The fourth-order valence-corrected chi connectivity index (χ4v) is 4.02. The summed E-state index contributed by atoms with van der Waals surface area (Å²) in [5.74, 6) is 0.997. The van der Waals surface area contributed by atoms with E-state index in [0.717, 1.165) is 31.6 Å². The van der Waals surface area contributed by atoms with Crippen molar-refractivity contribution in [2.75, 3.05) is 18.4 Å². The van der Waals surface area contributed by atoms with Gasteiger partial charge in [-0.3, -0.25) is 9.48 Å². The lowest BCUT2D eigenvalue weighted by Gasteiger charge is -2.22. The first-order chi connectivity index (χ1) is 12.7. The lowest BCUT2D eigenvalue weighted by atomic mass is 9.87. The molecule has 3 heterocycles. The smallest absolute Gasteiger partial charge is 0.278 e. The molecule has 0 atom stereocenters. The fourth-order valence-electron chi connectivity index (χ4n) is 4.02. The summed E-state index contributed by atoms with van der Waals surface area (Å²) in [4.78, 5) is 12.6. The highest BCUT2D eigenvalue weighted by Gasteiger charge is 2.22. The van der Waals surface area contributed by atoms with Crippen LogP contribution in [0.15, 0.2) is 12.3 Å². The number of hydrogen-bond acceptors (Lipinski definition) is 5. The molecule has 0 spiro atoms. The number of aryl methyl sites for hydroxylation is 1. The van der Waals surface area contributed by atoms with Crippen LogP contribution in [0.1, 0.15) is 73.1 Å². The number of carbonyl (C=O) groups is 1. The number of halogens is 1. The molecule has 2 N–H and O–H groups in total. The first kappa shape index (κ1) is 19.8. The predicted molar refractivity (Wildman–Crippen MR) is 105 cm³/mol. The Bertz CT molecular complexity index is 760. The van der Waals surface area contributed by atoms with Gasteiger partial charge < -0.3 is 10.6 Å². The van der Waals surface area contributed by atoms with Gasteiger partial charge in [0, 0.05) is 19.0 Å². The molecule has 0 radical (unpaired) electrons. The number of piperidine rings is 1. The van der Waals surface area contributed by atoms with Gasteiger partial charge in [0.1, 0.15) is 5.82 Å². The molecule has 8 nitrogen and oxygen atoms in total. The SMILES string of the molecule is Cl.Cn1nc(C2CCCCC2)cc1NC(=O)c1cn(C2CCNCC2)nn1. The fraction of sp³-hybridized carbons (Fsp3) is 0.667. The average Bonchev–Trinajstić information content (AvgIpc) is 3.31. The molecule has 2 fully saturated rings. The Hall–Kier alpha value is -1.93. The Morgan fingerprint density at radius 3 is 2.67 bits per heavy atom. The molecule has 2 aliphatic rings. The standard InChI is InChI=1S/C18H27N7O.ClH/c1-24-17(11-15(22-24)13-5-3-2-4-6-13)20-18(26)16-12-25(23-21-16)14-7-9-19-10-8-14;/h11-14,19H,2-10H2,1H3,(H,20,26);1H. The van der Waals surface area contributed by atoms with Crippen molar-refractivity contribution in [2.24, 2.45) is 7.05 Å². The summed E-state index contributed by atoms with van der Waals surface area (Å²) in [6.45, 7) is 1.95. The minimum absolute atomic E-state index is 0. The van der Waals surface area contributed by atoms with Crippen LogP contribution in [0.5, 0.6) is 0 Å². The van der Waals surface area contributed by atoms with Gasteiger partial charge >= 0.3 is 0 Å². The van der Waals surface area contributed by atoms with Gasteiger partial charge in [0.15, 0.2) is 5.69 Å². The second-order valence-corrected chi connectivity index (χ2v) is 7.43. The van der Waals surface area contributed by atoms with E-state index in [4.69, 9.17) is 0 Å². The minimum Gasteiger partial charge on any atom is -0.317 e. The topological polar surface area (TPSA) is 89.7 Å². The highest BCUT2D eigenvalue weighted by Crippen LogP contribution is 2.32. The zero-order chi connectivity index (χ0) is 17.9.